The number of carboxylic acid groups (broad SMARTS) is 4. The zero-order valence-corrected chi connectivity index (χ0v) is 17.5. The Hall–Kier alpha value is -4.34. The van der Waals surface area contributed by atoms with Crippen LogP contribution in [-0.4, -0.2) is 55.9 Å². The maximum absolute atomic E-state index is 10.3. The summed E-state index contributed by atoms with van der Waals surface area (Å²) in [5.41, 5.74) is 0.528. The summed E-state index contributed by atoms with van der Waals surface area (Å²) in [6.07, 6.45) is 5.84. The number of ketones is 2. The van der Waals surface area contributed by atoms with Gasteiger partial charge in [0.1, 0.15) is 0 Å². The van der Waals surface area contributed by atoms with E-state index in [0.29, 0.717) is 0 Å². The largest absolute Gasteiger partial charge is 0.478 e. The molecule has 0 atom stereocenters. The molecule has 0 saturated heterocycles. The van der Waals surface area contributed by atoms with Crippen LogP contribution in [0.4, 0.5) is 0 Å². The van der Waals surface area contributed by atoms with Crippen LogP contribution in [-0.2, 0) is 28.8 Å². The zero-order valence-electron chi connectivity index (χ0n) is 17.5. The highest BCUT2D eigenvalue weighted by atomic mass is 16.4. The van der Waals surface area contributed by atoms with Crippen molar-refractivity contribution < 1.29 is 49.2 Å². The SMILES string of the molecule is C=C(C)C(=O)O.C=C(C)C(=O)O.C=C(C)C(=O)O.C=CC(=O)O.O=C1C=CC(=O)C=C1. The van der Waals surface area contributed by atoms with Crippen LogP contribution >= 0.6 is 0 Å². The van der Waals surface area contributed by atoms with Gasteiger partial charge in [0, 0.05) is 22.8 Å². The van der Waals surface area contributed by atoms with E-state index in [2.05, 4.69) is 26.3 Å². The molecule has 1 aliphatic carbocycles. The highest BCUT2D eigenvalue weighted by Crippen LogP contribution is 1.90. The molecule has 1 aliphatic rings. The molecule has 0 saturated carbocycles. The van der Waals surface area contributed by atoms with Gasteiger partial charge in [0.25, 0.3) is 0 Å². The van der Waals surface area contributed by atoms with E-state index in [1.165, 1.54) is 45.1 Å². The van der Waals surface area contributed by atoms with Crippen molar-refractivity contribution in [2.45, 2.75) is 20.8 Å². The van der Waals surface area contributed by atoms with Gasteiger partial charge in [0.2, 0.25) is 0 Å². The second kappa shape index (κ2) is 20.4. The summed E-state index contributed by atoms with van der Waals surface area (Å²) in [4.78, 5) is 58.6. The van der Waals surface area contributed by atoms with Crippen molar-refractivity contribution in [3.05, 3.63) is 73.4 Å². The molecule has 0 amide bonds. The first-order valence-electron chi connectivity index (χ1n) is 7.95. The molecule has 0 radical (unpaired) electrons. The van der Waals surface area contributed by atoms with Crippen molar-refractivity contribution >= 4 is 35.4 Å². The van der Waals surface area contributed by atoms with Crippen LogP contribution in [0.3, 0.4) is 0 Å². The first kappa shape index (κ1) is 34.2. The summed E-state index contributed by atoms with van der Waals surface area (Å²) in [6, 6.07) is 0. The van der Waals surface area contributed by atoms with Crippen LogP contribution < -0.4 is 0 Å². The van der Waals surface area contributed by atoms with Gasteiger partial charge in [0.15, 0.2) is 11.6 Å². The van der Waals surface area contributed by atoms with Gasteiger partial charge in [-0.2, -0.15) is 0 Å². The average molecular weight is 438 g/mol. The minimum Gasteiger partial charge on any atom is -0.478 e. The number of carbonyl (C=O) groups excluding carboxylic acids is 2. The van der Waals surface area contributed by atoms with Gasteiger partial charge in [0.05, 0.1) is 0 Å². The zero-order chi connectivity index (χ0) is 25.7. The summed E-state index contributed by atoms with van der Waals surface area (Å²) in [5, 5.41) is 31.3. The third-order valence-corrected chi connectivity index (χ3v) is 2.09. The minimum atomic E-state index is -0.981. The van der Waals surface area contributed by atoms with Gasteiger partial charge in [-0.25, -0.2) is 19.2 Å². The minimum absolute atomic E-state index is 0.121. The fraction of sp³-hybridized carbons (Fsp3) is 0.143. The lowest BCUT2D eigenvalue weighted by atomic mass is 10.2. The standard InChI is InChI=1S/C6H4O2.3C4H6O2.C3H4O2/c7-5-1-2-6(8)4-3-5;3*1-3(2)4(5)6;1-2-3(4)5/h1-4H;3*1H2,2H3,(H,5,6);2H,1H2,(H,4,5). The number of hydrogen-bond acceptors (Lipinski definition) is 6. The third-order valence-electron chi connectivity index (χ3n) is 2.09. The predicted octanol–water partition coefficient (Wildman–Crippen LogP) is 2.45. The van der Waals surface area contributed by atoms with Crippen LogP contribution in [0.1, 0.15) is 20.8 Å². The van der Waals surface area contributed by atoms with Gasteiger partial charge in [-0.05, 0) is 45.1 Å². The highest BCUT2D eigenvalue weighted by Gasteiger charge is 1.98. The molecule has 0 aromatic carbocycles. The van der Waals surface area contributed by atoms with Crippen molar-refractivity contribution in [1.82, 2.24) is 0 Å². The van der Waals surface area contributed by atoms with Crippen molar-refractivity contribution in [2.24, 2.45) is 0 Å². The van der Waals surface area contributed by atoms with E-state index in [0.717, 1.165) is 6.08 Å². The molecule has 0 aromatic heterocycles. The smallest absolute Gasteiger partial charge is 0.330 e. The molecule has 10 heteroatoms. The van der Waals surface area contributed by atoms with Gasteiger partial charge in [-0.15, -0.1) is 0 Å². The lowest BCUT2D eigenvalue weighted by Crippen LogP contribution is -1.97. The molecule has 0 aliphatic heterocycles. The van der Waals surface area contributed by atoms with E-state index in [1.54, 1.807) is 0 Å². The second-order valence-electron chi connectivity index (χ2n) is 5.27. The van der Waals surface area contributed by atoms with E-state index in [9.17, 15) is 28.8 Å². The molecule has 170 valence electrons. The molecule has 0 unspecified atom stereocenters. The number of carbonyl (C=O) groups is 6. The Morgan fingerprint density at radius 2 is 0.774 bits per heavy atom. The Morgan fingerprint density at radius 3 is 0.839 bits per heavy atom. The topological polar surface area (TPSA) is 183 Å². The monoisotopic (exact) mass is 438 g/mol. The number of aliphatic carboxylic acids is 4. The van der Waals surface area contributed by atoms with E-state index >= 15 is 0 Å². The Bertz CT molecular complexity index is 664. The molecule has 10 nitrogen and oxygen atoms in total. The lowest BCUT2D eigenvalue weighted by Gasteiger charge is -1.87. The van der Waals surface area contributed by atoms with Gasteiger partial charge in [-0.1, -0.05) is 26.3 Å². The molecular formula is C21H26O10. The number of allylic oxidation sites excluding steroid dienone is 4. The van der Waals surface area contributed by atoms with Crippen molar-refractivity contribution in [3.63, 3.8) is 0 Å². The Balaban J connectivity index is -0.000000149. The quantitative estimate of drug-likeness (QED) is 0.375. The van der Waals surface area contributed by atoms with E-state index < -0.39 is 23.9 Å². The fourth-order valence-electron chi connectivity index (χ4n) is 0.440. The van der Waals surface area contributed by atoms with Crippen LogP contribution in [0.2, 0.25) is 0 Å². The summed E-state index contributed by atoms with van der Waals surface area (Å²) in [7, 11) is 0. The summed E-state index contributed by atoms with van der Waals surface area (Å²) >= 11 is 0. The number of rotatable bonds is 4. The normalized spacial score (nSPS) is 9.90. The van der Waals surface area contributed by atoms with Gasteiger partial charge >= 0.3 is 23.9 Å². The third kappa shape index (κ3) is 37.2. The van der Waals surface area contributed by atoms with Crippen molar-refractivity contribution in [2.75, 3.05) is 0 Å². The molecule has 4 N–H and O–H groups in total. The Labute approximate surface area is 179 Å². The maximum atomic E-state index is 10.3. The van der Waals surface area contributed by atoms with Crippen molar-refractivity contribution in [3.8, 4) is 0 Å². The first-order valence-corrected chi connectivity index (χ1v) is 7.95. The lowest BCUT2D eigenvalue weighted by molar-refractivity contribution is -0.133. The number of hydrogen-bond donors (Lipinski definition) is 4. The molecule has 0 spiro atoms. The summed E-state index contributed by atoms with van der Waals surface area (Å²) < 4.78 is 0. The first-order chi connectivity index (χ1) is 14.0. The average Bonchev–Trinajstić information content (AvgIpc) is 2.65. The highest BCUT2D eigenvalue weighted by molar-refractivity contribution is 6.14. The van der Waals surface area contributed by atoms with Crippen LogP contribution in [0, 0.1) is 0 Å². The Morgan fingerprint density at radius 1 is 0.645 bits per heavy atom. The fourth-order valence-corrected chi connectivity index (χ4v) is 0.440. The summed E-state index contributed by atoms with van der Waals surface area (Å²) in [5.74, 6) is -4.03. The predicted molar refractivity (Wildman–Crippen MR) is 113 cm³/mol. The van der Waals surface area contributed by atoms with E-state index in [1.807, 2.05) is 0 Å². The molecule has 31 heavy (non-hydrogen) atoms. The maximum Gasteiger partial charge on any atom is 0.330 e. The molecule has 0 fully saturated rings. The molecule has 1 rings (SSSR count). The second-order valence-corrected chi connectivity index (χ2v) is 5.27. The Kier molecular flexibility index (Phi) is 22.5. The van der Waals surface area contributed by atoms with E-state index in [-0.39, 0.29) is 28.3 Å². The van der Waals surface area contributed by atoms with Gasteiger partial charge < -0.3 is 20.4 Å². The van der Waals surface area contributed by atoms with Crippen LogP contribution in [0.25, 0.3) is 0 Å². The molecule has 0 heterocycles. The van der Waals surface area contributed by atoms with Crippen LogP contribution in [0.5, 0.6) is 0 Å². The molecular weight excluding hydrogens is 412 g/mol. The van der Waals surface area contributed by atoms with Crippen molar-refractivity contribution in [1.29, 1.82) is 0 Å². The molecule has 0 aromatic rings. The van der Waals surface area contributed by atoms with Gasteiger partial charge in [-0.3, -0.25) is 9.59 Å². The number of carboxylic acids is 4. The van der Waals surface area contributed by atoms with Crippen LogP contribution in [0.15, 0.2) is 73.4 Å². The molecule has 0 bridgehead atoms. The summed E-state index contributed by atoms with van der Waals surface area (Å²) in [6.45, 7) is 16.8. The van der Waals surface area contributed by atoms with E-state index in [4.69, 9.17) is 20.4 Å².